The molecule has 0 bridgehead atoms. The second-order valence-electron chi connectivity index (χ2n) is 4.75. The van der Waals surface area contributed by atoms with E-state index in [0.717, 1.165) is 25.4 Å². The molecule has 0 heterocycles. The Kier molecular flexibility index (Phi) is 4.25. The number of esters is 1. The van der Waals surface area contributed by atoms with Crippen LogP contribution in [-0.2, 0) is 14.3 Å². The monoisotopic (exact) mass is 290 g/mol. The average Bonchev–Trinajstić information content (AvgIpc) is 3.00. The third kappa shape index (κ3) is 3.20. The smallest absolute Gasteiger partial charge is 0.309 e. The van der Waals surface area contributed by atoms with E-state index in [-0.39, 0.29) is 18.0 Å². The molecule has 2 fully saturated rings. The van der Waals surface area contributed by atoms with Crippen LogP contribution in [0.3, 0.4) is 0 Å². The molecule has 0 amide bonds. The van der Waals surface area contributed by atoms with Gasteiger partial charge < -0.3 is 9.47 Å². The lowest BCUT2D eigenvalue weighted by Gasteiger charge is -2.14. The molecule has 2 rings (SSSR count). The molecule has 0 aromatic carbocycles. The van der Waals surface area contributed by atoms with Gasteiger partial charge in [-0.2, -0.15) is 0 Å². The van der Waals surface area contributed by atoms with Gasteiger partial charge in [-0.1, -0.05) is 15.9 Å². The standard InChI is InChI=1S/C12H19BrO3/c1-2-15-12(14)9-5-10(13)11(6-9)16-7-8-3-4-8/h8-11H,2-7H2,1H3. The van der Waals surface area contributed by atoms with E-state index in [9.17, 15) is 4.79 Å². The van der Waals surface area contributed by atoms with E-state index in [4.69, 9.17) is 9.47 Å². The Hall–Kier alpha value is -0.0900. The van der Waals surface area contributed by atoms with Gasteiger partial charge in [0.05, 0.1) is 18.6 Å². The molecule has 0 spiro atoms. The molecule has 0 aliphatic heterocycles. The second-order valence-corrected chi connectivity index (χ2v) is 5.93. The summed E-state index contributed by atoms with van der Waals surface area (Å²) in [6.07, 6.45) is 4.45. The van der Waals surface area contributed by atoms with Crippen LogP contribution < -0.4 is 0 Å². The molecule has 0 aromatic rings. The third-order valence-corrected chi connectivity index (χ3v) is 4.26. The Morgan fingerprint density at radius 3 is 2.75 bits per heavy atom. The van der Waals surface area contributed by atoms with E-state index in [2.05, 4.69) is 15.9 Å². The summed E-state index contributed by atoms with van der Waals surface area (Å²) >= 11 is 3.60. The van der Waals surface area contributed by atoms with Crippen LogP contribution in [0, 0.1) is 11.8 Å². The molecule has 3 unspecified atom stereocenters. The summed E-state index contributed by atoms with van der Waals surface area (Å²) in [5, 5.41) is 0. The summed E-state index contributed by atoms with van der Waals surface area (Å²) in [6, 6.07) is 0. The Morgan fingerprint density at radius 1 is 1.38 bits per heavy atom. The van der Waals surface area contributed by atoms with Crippen molar-refractivity contribution in [2.45, 2.75) is 43.5 Å². The van der Waals surface area contributed by atoms with Crippen LogP contribution in [-0.4, -0.2) is 30.1 Å². The van der Waals surface area contributed by atoms with E-state index in [1.165, 1.54) is 12.8 Å². The summed E-state index contributed by atoms with van der Waals surface area (Å²) in [5.74, 6) is 0.736. The zero-order chi connectivity index (χ0) is 11.5. The van der Waals surface area contributed by atoms with Gasteiger partial charge in [-0.3, -0.25) is 4.79 Å². The number of halogens is 1. The van der Waals surface area contributed by atoms with Gasteiger partial charge in [-0.15, -0.1) is 0 Å². The lowest BCUT2D eigenvalue weighted by Crippen LogP contribution is -2.19. The first-order valence-corrected chi connectivity index (χ1v) is 7.04. The Labute approximate surface area is 105 Å². The fourth-order valence-corrected chi connectivity index (χ4v) is 2.94. The largest absolute Gasteiger partial charge is 0.466 e. The molecule has 0 aromatic heterocycles. The van der Waals surface area contributed by atoms with Crippen LogP contribution in [0.2, 0.25) is 0 Å². The Morgan fingerprint density at radius 2 is 2.12 bits per heavy atom. The minimum atomic E-state index is -0.0653. The number of carbonyl (C=O) groups excluding carboxylic acids is 1. The molecule has 4 heteroatoms. The number of alkyl halides is 1. The zero-order valence-corrected chi connectivity index (χ0v) is 11.2. The number of rotatable bonds is 5. The van der Waals surface area contributed by atoms with Crippen molar-refractivity contribution < 1.29 is 14.3 Å². The lowest BCUT2D eigenvalue weighted by atomic mass is 10.1. The number of hydrogen-bond donors (Lipinski definition) is 0. The maximum absolute atomic E-state index is 11.6. The molecule has 0 radical (unpaired) electrons. The van der Waals surface area contributed by atoms with Crippen molar-refractivity contribution in [2.24, 2.45) is 11.8 Å². The Bertz CT molecular complexity index is 253. The van der Waals surface area contributed by atoms with Crippen molar-refractivity contribution in [2.75, 3.05) is 13.2 Å². The van der Waals surface area contributed by atoms with Gasteiger partial charge >= 0.3 is 5.97 Å². The molecule has 3 atom stereocenters. The van der Waals surface area contributed by atoms with Crippen LogP contribution in [0.25, 0.3) is 0 Å². The van der Waals surface area contributed by atoms with Crippen LogP contribution in [0.15, 0.2) is 0 Å². The van der Waals surface area contributed by atoms with Gasteiger partial charge in [0.2, 0.25) is 0 Å². The van der Waals surface area contributed by atoms with E-state index >= 15 is 0 Å². The number of ether oxygens (including phenoxy) is 2. The minimum Gasteiger partial charge on any atom is -0.466 e. The van der Waals surface area contributed by atoms with Crippen molar-refractivity contribution in [1.29, 1.82) is 0 Å². The molecule has 92 valence electrons. The van der Waals surface area contributed by atoms with Gasteiger partial charge in [0.1, 0.15) is 0 Å². The molecular weight excluding hydrogens is 272 g/mol. The van der Waals surface area contributed by atoms with Gasteiger partial charge in [-0.25, -0.2) is 0 Å². The van der Waals surface area contributed by atoms with Crippen LogP contribution >= 0.6 is 15.9 Å². The highest BCUT2D eigenvalue weighted by molar-refractivity contribution is 9.09. The highest BCUT2D eigenvalue weighted by Crippen LogP contribution is 2.36. The minimum absolute atomic E-state index is 0.0218. The third-order valence-electron chi connectivity index (χ3n) is 3.29. The predicted molar refractivity (Wildman–Crippen MR) is 64.5 cm³/mol. The maximum atomic E-state index is 11.6. The predicted octanol–water partition coefficient (Wildman–Crippen LogP) is 2.52. The van der Waals surface area contributed by atoms with Gasteiger partial charge in [0.25, 0.3) is 0 Å². The van der Waals surface area contributed by atoms with Gasteiger partial charge in [0.15, 0.2) is 0 Å². The molecule has 3 nitrogen and oxygen atoms in total. The van der Waals surface area contributed by atoms with Crippen molar-refractivity contribution >= 4 is 21.9 Å². The fraction of sp³-hybridized carbons (Fsp3) is 0.917. The normalized spacial score (nSPS) is 34.0. The quantitative estimate of drug-likeness (QED) is 0.577. The Balaban J connectivity index is 1.75. The maximum Gasteiger partial charge on any atom is 0.309 e. The van der Waals surface area contributed by atoms with Crippen LogP contribution in [0.5, 0.6) is 0 Å². The van der Waals surface area contributed by atoms with E-state index in [1.54, 1.807) is 0 Å². The first kappa shape index (κ1) is 12.4. The highest BCUT2D eigenvalue weighted by Gasteiger charge is 2.38. The molecule has 16 heavy (non-hydrogen) atoms. The van der Waals surface area contributed by atoms with Crippen molar-refractivity contribution in [3.05, 3.63) is 0 Å². The van der Waals surface area contributed by atoms with Crippen molar-refractivity contribution in [3.63, 3.8) is 0 Å². The first-order valence-electron chi connectivity index (χ1n) is 6.13. The molecule has 0 saturated heterocycles. The van der Waals surface area contributed by atoms with Gasteiger partial charge in [-0.05, 0) is 38.5 Å². The number of hydrogen-bond acceptors (Lipinski definition) is 3. The zero-order valence-electron chi connectivity index (χ0n) is 9.65. The van der Waals surface area contributed by atoms with Crippen molar-refractivity contribution in [1.82, 2.24) is 0 Å². The molecule has 0 N–H and O–H groups in total. The average molecular weight is 291 g/mol. The summed E-state index contributed by atoms with van der Waals surface area (Å²) < 4.78 is 10.9. The molecule has 2 aliphatic rings. The lowest BCUT2D eigenvalue weighted by molar-refractivity contribution is -0.148. The topological polar surface area (TPSA) is 35.5 Å². The first-order chi connectivity index (χ1) is 7.70. The molecular formula is C12H19BrO3. The second kappa shape index (κ2) is 5.50. The van der Waals surface area contributed by atoms with Gasteiger partial charge in [0, 0.05) is 11.4 Å². The molecule has 2 aliphatic carbocycles. The summed E-state index contributed by atoms with van der Waals surface area (Å²) in [7, 11) is 0. The highest BCUT2D eigenvalue weighted by atomic mass is 79.9. The van der Waals surface area contributed by atoms with Crippen LogP contribution in [0.1, 0.15) is 32.6 Å². The SMILES string of the molecule is CCOC(=O)C1CC(Br)C(OCC2CC2)C1. The molecule has 2 saturated carbocycles. The van der Waals surface area contributed by atoms with E-state index < -0.39 is 0 Å². The van der Waals surface area contributed by atoms with E-state index in [1.807, 2.05) is 6.92 Å². The van der Waals surface area contributed by atoms with E-state index in [0.29, 0.717) is 11.4 Å². The summed E-state index contributed by atoms with van der Waals surface area (Å²) in [4.78, 5) is 11.9. The number of carbonyl (C=O) groups is 1. The van der Waals surface area contributed by atoms with Crippen LogP contribution in [0.4, 0.5) is 0 Å². The summed E-state index contributed by atoms with van der Waals surface area (Å²) in [5.41, 5.74) is 0. The van der Waals surface area contributed by atoms with Crippen molar-refractivity contribution in [3.8, 4) is 0 Å². The summed E-state index contributed by atoms with van der Waals surface area (Å²) in [6.45, 7) is 3.18. The fourth-order valence-electron chi connectivity index (χ4n) is 2.12.